The third-order valence-electron chi connectivity index (χ3n) is 3.73. The Hall–Kier alpha value is -2.18. The molecule has 0 aromatic carbocycles. The van der Waals surface area contributed by atoms with Gasteiger partial charge in [-0.2, -0.15) is 0 Å². The van der Waals surface area contributed by atoms with Crippen LogP contribution in [0.15, 0.2) is 41.1 Å². The number of hydrogen-bond donors (Lipinski definition) is 1. The van der Waals surface area contributed by atoms with E-state index in [1.807, 2.05) is 17.0 Å². The standard InChI is InChI=1S/C16H19N3O3/c1-21-11-13-4-5-15(22-13)16(20)19-8-7-18-10-14(19)12-3-2-6-17-9-12/h2-6,9,14,18H,7-8,10-11H2,1H3. The number of hydrogen-bond acceptors (Lipinski definition) is 5. The van der Waals surface area contributed by atoms with Crippen LogP contribution in [-0.4, -0.2) is 42.5 Å². The van der Waals surface area contributed by atoms with Crippen molar-refractivity contribution in [1.82, 2.24) is 15.2 Å². The third kappa shape index (κ3) is 3.03. The fraction of sp³-hybridized carbons (Fsp3) is 0.375. The summed E-state index contributed by atoms with van der Waals surface area (Å²) in [5.74, 6) is 0.902. The molecule has 3 rings (SSSR count). The second-order valence-electron chi connectivity index (χ2n) is 5.20. The van der Waals surface area contributed by atoms with E-state index in [2.05, 4.69) is 10.3 Å². The van der Waals surface area contributed by atoms with Crippen molar-refractivity contribution in [1.29, 1.82) is 0 Å². The van der Waals surface area contributed by atoms with Gasteiger partial charge in [0.15, 0.2) is 5.76 Å². The molecule has 0 spiro atoms. The van der Waals surface area contributed by atoms with E-state index in [4.69, 9.17) is 9.15 Å². The highest BCUT2D eigenvalue weighted by atomic mass is 16.5. The lowest BCUT2D eigenvalue weighted by molar-refractivity contribution is 0.0594. The van der Waals surface area contributed by atoms with Gasteiger partial charge in [0.2, 0.25) is 0 Å². The molecule has 1 fully saturated rings. The van der Waals surface area contributed by atoms with Gasteiger partial charge in [-0.3, -0.25) is 9.78 Å². The number of nitrogens with zero attached hydrogens (tertiary/aromatic N) is 2. The van der Waals surface area contributed by atoms with Gasteiger partial charge in [0.25, 0.3) is 5.91 Å². The maximum Gasteiger partial charge on any atom is 0.290 e. The molecule has 1 unspecified atom stereocenters. The minimum atomic E-state index is -0.0993. The highest BCUT2D eigenvalue weighted by Gasteiger charge is 2.30. The molecule has 1 N–H and O–H groups in total. The molecule has 6 heteroatoms. The molecule has 0 aliphatic carbocycles. The number of pyridine rings is 1. The first kappa shape index (κ1) is 14.7. The van der Waals surface area contributed by atoms with Crippen LogP contribution in [0.25, 0.3) is 0 Å². The van der Waals surface area contributed by atoms with Crippen molar-refractivity contribution in [3.63, 3.8) is 0 Å². The van der Waals surface area contributed by atoms with Crippen molar-refractivity contribution in [2.24, 2.45) is 0 Å². The molecule has 6 nitrogen and oxygen atoms in total. The summed E-state index contributed by atoms with van der Waals surface area (Å²) in [6.07, 6.45) is 3.53. The number of aromatic nitrogens is 1. The monoisotopic (exact) mass is 301 g/mol. The summed E-state index contributed by atoms with van der Waals surface area (Å²) in [5.41, 5.74) is 1.02. The van der Waals surface area contributed by atoms with E-state index in [1.165, 1.54) is 0 Å². The zero-order valence-electron chi connectivity index (χ0n) is 12.5. The maximum atomic E-state index is 12.7. The Kier molecular flexibility index (Phi) is 4.50. The molecule has 1 aliphatic heterocycles. The molecule has 1 saturated heterocycles. The topological polar surface area (TPSA) is 67.6 Å². The average Bonchev–Trinajstić information content (AvgIpc) is 3.04. The van der Waals surface area contributed by atoms with Crippen molar-refractivity contribution in [3.05, 3.63) is 53.7 Å². The van der Waals surface area contributed by atoms with Gasteiger partial charge in [-0.1, -0.05) is 6.07 Å². The molecule has 116 valence electrons. The molecule has 1 atom stereocenters. The first-order valence-corrected chi connectivity index (χ1v) is 7.29. The first-order valence-electron chi connectivity index (χ1n) is 7.29. The van der Waals surface area contributed by atoms with Crippen LogP contribution in [-0.2, 0) is 11.3 Å². The van der Waals surface area contributed by atoms with Gasteiger partial charge >= 0.3 is 0 Å². The van der Waals surface area contributed by atoms with E-state index in [0.29, 0.717) is 31.2 Å². The van der Waals surface area contributed by atoms with Crippen LogP contribution in [0.4, 0.5) is 0 Å². The number of carbonyl (C=O) groups excluding carboxylic acids is 1. The van der Waals surface area contributed by atoms with Gasteiger partial charge in [0.1, 0.15) is 12.4 Å². The minimum Gasteiger partial charge on any atom is -0.453 e. The Labute approximate surface area is 129 Å². The number of amides is 1. The molecule has 0 radical (unpaired) electrons. The Balaban J connectivity index is 1.82. The van der Waals surface area contributed by atoms with Crippen LogP contribution in [0.2, 0.25) is 0 Å². The van der Waals surface area contributed by atoms with E-state index >= 15 is 0 Å². The summed E-state index contributed by atoms with van der Waals surface area (Å²) < 4.78 is 10.6. The molecule has 1 aliphatic rings. The highest BCUT2D eigenvalue weighted by molar-refractivity contribution is 5.92. The van der Waals surface area contributed by atoms with Gasteiger partial charge in [-0.25, -0.2) is 0 Å². The van der Waals surface area contributed by atoms with Crippen molar-refractivity contribution in [2.45, 2.75) is 12.6 Å². The Morgan fingerprint density at radius 3 is 3.18 bits per heavy atom. The Morgan fingerprint density at radius 1 is 1.50 bits per heavy atom. The van der Waals surface area contributed by atoms with Crippen molar-refractivity contribution < 1.29 is 13.9 Å². The number of rotatable bonds is 4. The van der Waals surface area contributed by atoms with Gasteiger partial charge in [-0.15, -0.1) is 0 Å². The molecule has 0 saturated carbocycles. The van der Waals surface area contributed by atoms with E-state index in [0.717, 1.165) is 12.1 Å². The average molecular weight is 301 g/mol. The summed E-state index contributed by atoms with van der Waals surface area (Å²) >= 11 is 0. The molecule has 0 bridgehead atoms. The number of piperazine rings is 1. The molecular formula is C16H19N3O3. The normalized spacial score (nSPS) is 18.4. The SMILES string of the molecule is COCc1ccc(C(=O)N2CCNCC2c2cccnc2)o1. The predicted molar refractivity (Wildman–Crippen MR) is 80.3 cm³/mol. The summed E-state index contributed by atoms with van der Waals surface area (Å²) in [4.78, 5) is 18.7. The molecule has 22 heavy (non-hydrogen) atoms. The fourth-order valence-electron chi connectivity index (χ4n) is 2.67. The largest absolute Gasteiger partial charge is 0.453 e. The summed E-state index contributed by atoms with van der Waals surface area (Å²) in [6.45, 7) is 2.48. The number of carbonyl (C=O) groups is 1. The smallest absolute Gasteiger partial charge is 0.290 e. The first-order chi connectivity index (χ1) is 10.8. The van der Waals surface area contributed by atoms with Gasteiger partial charge < -0.3 is 19.4 Å². The van der Waals surface area contributed by atoms with Crippen molar-refractivity contribution in [3.8, 4) is 0 Å². The predicted octanol–water partition coefficient (Wildman–Crippen LogP) is 1.61. The van der Waals surface area contributed by atoms with Gasteiger partial charge in [-0.05, 0) is 23.8 Å². The highest BCUT2D eigenvalue weighted by Crippen LogP contribution is 2.24. The Bertz CT molecular complexity index is 627. The van der Waals surface area contributed by atoms with Crippen LogP contribution in [0.5, 0.6) is 0 Å². The van der Waals surface area contributed by atoms with Crippen LogP contribution < -0.4 is 5.32 Å². The van der Waals surface area contributed by atoms with Crippen LogP contribution in [0.1, 0.15) is 27.9 Å². The van der Waals surface area contributed by atoms with Crippen molar-refractivity contribution >= 4 is 5.91 Å². The second-order valence-corrected chi connectivity index (χ2v) is 5.20. The van der Waals surface area contributed by atoms with Crippen LogP contribution >= 0.6 is 0 Å². The van der Waals surface area contributed by atoms with E-state index in [9.17, 15) is 4.79 Å². The zero-order chi connectivity index (χ0) is 15.4. The summed E-state index contributed by atoms with van der Waals surface area (Å²) in [5, 5.41) is 3.32. The van der Waals surface area contributed by atoms with Crippen LogP contribution in [0, 0.1) is 0 Å². The molecule has 1 amide bonds. The van der Waals surface area contributed by atoms with Gasteiger partial charge in [0, 0.05) is 39.1 Å². The quantitative estimate of drug-likeness (QED) is 0.929. The lowest BCUT2D eigenvalue weighted by Gasteiger charge is -2.35. The maximum absolute atomic E-state index is 12.7. The molecular weight excluding hydrogens is 282 g/mol. The molecule has 3 heterocycles. The van der Waals surface area contributed by atoms with Crippen molar-refractivity contribution in [2.75, 3.05) is 26.7 Å². The number of furan rings is 1. The number of methoxy groups -OCH3 is 1. The van der Waals surface area contributed by atoms with Gasteiger partial charge in [0.05, 0.1) is 6.04 Å². The summed E-state index contributed by atoms with van der Waals surface area (Å²) in [6, 6.07) is 7.32. The number of ether oxygens (including phenoxy) is 1. The molecule has 2 aromatic heterocycles. The lowest BCUT2D eigenvalue weighted by Crippen LogP contribution is -2.48. The molecule has 2 aromatic rings. The third-order valence-corrected chi connectivity index (χ3v) is 3.73. The lowest BCUT2D eigenvalue weighted by atomic mass is 10.1. The zero-order valence-corrected chi connectivity index (χ0v) is 12.5. The van der Waals surface area contributed by atoms with E-state index in [-0.39, 0.29) is 11.9 Å². The van der Waals surface area contributed by atoms with Crippen LogP contribution in [0.3, 0.4) is 0 Å². The minimum absolute atomic E-state index is 0.0362. The van der Waals surface area contributed by atoms with E-state index in [1.54, 1.807) is 31.6 Å². The second kappa shape index (κ2) is 6.72. The Morgan fingerprint density at radius 2 is 2.41 bits per heavy atom. The number of nitrogens with one attached hydrogen (secondary N) is 1. The fourth-order valence-corrected chi connectivity index (χ4v) is 2.67. The summed E-state index contributed by atoms with van der Waals surface area (Å²) in [7, 11) is 1.60. The van der Waals surface area contributed by atoms with E-state index < -0.39 is 0 Å².